The standard InChI is InChI=1S/C27H25N5O3/c1-32-12-10-18-5-6-21(14-20(18)16-32)30-25(33)19-4-2-3-17(13-19)15-29-27(35)24-8-7-22-23(31-24)9-11-28-26(22)34/h2-9,11,13-14H,10,12,15-16H2,1H3,(H,28,34)(H,29,35)(H,30,33). The van der Waals surface area contributed by atoms with Gasteiger partial charge in [-0.05, 0) is 72.6 Å². The van der Waals surface area contributed by atoms with Gasteiger partial charge in [-0.3, -0.25) is 14.4 Å². The molecule has 0 aliphatic carbocycles. The molecule has 35 heavy (non-hydrogen) atoms. The Morgan fingerprint density at radius 1 is 1.03 bits per heavy atom. The summed E-state index contributed by atoms with van der Waals surface area (Å²) in [5, 5.41) is 6.23. The van der Waals surface area contributed by atoms with E-state index in [1.165, 1.54) is 23.4 Å². The van der Waals surface area contributed by atoms with Crippen LogP contribution in [-0.2, 0) is 19.5 Å². The predicted molar refractivity (Wildman–Crippen MR) is 134 cm³/mol. The van der Waals surface area contributed by atoms with Crippen LogP contribution in [0.1, 0.15) is 37.5 Å². The van der Waals surface area contributed by atoms with Gasteiger partial charge in [0.05, 0.1) is 10.9 Å². The lowest BCUT2D eigenvalue weighted by Crippen LogP contribution is -2.26. The summed E-state index contributed by atoms with van der Waals surface area (Å²) in [6.07, 6.45) is 2.51. The summed E-state index contributed by atoms with van der Waals surface area (Å²) in [5.41, 5.74) is 5.05. The van der Waals surface area contributed by atoms with Crippen molar-refractivity contribution in [3.63, 3.8) is 0 Å². The first-order valence-electron chi connectivity index (χ1n) is 11.4. The number of nitrogens with zero attached hydrogens (tertiary/aromatic N) is 2. The smallest absolute Gasteiger partial charge is 0.270 e. The molecular formula is C27H25N5O3. The number of nitrogens with one attached hydrogen (secondary N) is 3. The minimum absolute atomic E-state index is 0.205. The third kappa shape index (κ3) is 4.97. The molecule has 0 radical (unpaired) electrons. The van der Waals surface area contributed by atoms with Crippen LogP contribution in [0.2, 0.25) is 0 Å². The molecule has 0 unspecified atom stereocenters. The van der Waals surface area contributed by atoms with E-state index in [0.29, 0.717) is 16.5 Å². The van der Waals surface area contributed by atoms with E-state index in [4.69, 9.17) is 0 Å². The van der Waals surface area contributed by atoms with Crippen molar-refractivity contribution in [2.75, 3.05) is 18.9 Å². The number of aromatic amines is 1. The molecule has 0 bridgehead atoms. The molecule has 3 N–H and O–H groups in total. The number of anilines is 1. The molecule has 0 atom stereocenters. The topological polar surface area (TPSA) is 107 Å². The Labute approximate surface area is 202 Å². The van der Waals surface area contributed by atoms with Crippen LogP contribution >= 0.6 is 0 Å². The van der Waals surface area contributed by atoms with Gasteiger partial charge in [-0.15, -0.1) is 0 Å². The number of pyridine rings is 2. The van der Waals surface area contributed by atoms with Crippen molar-refractivity contribution in [2.45, 2.75) is 19.5 Å². The van der Waals surface area contributed by atoms with Gasteiger partial charge in [-0.1, -0.05) is 18.2 Å². The Balaban J connectivity index is 1.24. The molecule has 1 aliphatic rings. The number of fused-ring (bicyclic) bond motifs is 2. The van der Waals surface area contributed by atoms with Crippen molar-refractivity contribution in [3.8, 4) is 0 Å². The SMILES string of the molecule is CN1CCc2ccc(NC(=O)c3cccc(CNC(=O)c4ccc5c(=O)[nH]ccc5n4)c3)cc2C1. The first-order chi connectivity index (χ1) is 17.0. The fourth-order valence-electron chi connectivity index (χ4n) is 4.27. The summed E-state index contributed by atoms with van der Waals surface area (Å²) in [4.78, 5) is 46.4. The normalized spacial score (nSPS) is 13.3. The number of aromatic nitrogens is 2. The maximum atomic E-state index is 12.9. The minimum atomic E-state index is -0.360. The van der Waals surface area contributed by atoms with Crippen LogP contribution < -0.4 is 16.2 Å². The molecule has 0 spiro atoms. The van der Waals surface area contributed by atoms with Crippen molar-refractivity contribution < 1.29 is 9.59 Å². The summed E-state index contributed by atoms with van der Waals surface area (Å²) < 4.78 is 0. The third-order valence-corrected chi connectivity index (χ3v) is 6.17. The van der Waals surface area contributed by atoms with Gasteiger partial charge in [0.15, 0.2) is 0 Å². The number of rotatable bonds is 5. The average Bonchev–Trinajstić information content (AvgIpc) is 2.87. The first-order valence-corrected chi connectivity index (χ1v) is 11.4. The largest absolute Gasteiger partial charge is 0.347 e. The van der Waals surface area contributed by atoms with Crippen LogP contribution in [0.5, 0.6) is 0 Å². The van der Waals surface area contributed by atoms with Crippen LogP contribution in [0.15, 0.2) is 71.7 Å². The Morgan fingerprint density at radius 2 is 1.91 bits per heavy atom. The molecule has 4 aromatic rings. The summed E-state index contributed by atoms with van der Waals surface area (Å²) in [7, 11) is 2.09. The number of amides is 2. The minimum Gasteiger partial charge on any atom is -0.347 e. The fraction of sp³-hybridized carbons (Fsp3) is 0.185. The lowest BCUT2D eigenvalue weighted by Gasteiger charge is -2.25. The highest BCUT2D eigenvalue weighted by atomic mass is 16.2. The molecule has 3 heterocycles. The molecule has 2 aromatic carbocycles. The lowest BCUT2D eigenvalue weighted by molar-refractivity contribution is 0.0946. The average molecular weight is 468 g/mol. The molecule has 8 nitrogen and oxygen atoms in total. The maximum absolute atomic E-state index is 12.9. The van der Waals surface area contributed by atoms with Crippen LogP contribution in [-0.4, -0.2) is 40.3 Å². The van der Waals surface area contributed by atoms with Gasteiger partial charge in [0.1, 0.15) is 5.69 Å². The Kier molecular flexibility index (Phi) is 6.12. The van der Waals surface area contributed by atoms with Gasteiger partial charge in [0.25, 0.3) is 17.4 Å². The molecule has 2 amide bonds. The molecule has 2 aromatic heterocycles. The second kappa shape index (κ2) is 9.52. The molecule has 0 saturated carbocycles. The number of hydrogen-bond donors (Lipinski definition) is 3. The number of hydrogen-bond acceptors (Lipinski definition) is 5. The highest BCUT2D eigenvalue weighted by Crippen LogP contribution is 2.22. The van der Waals surface area contributed by atoms with E-state index < -0.39 is 0 Å². The van der Waals surface area contributed by atoms with Crippen LogP contribution in [0.25, 0.3) is 10.9 Å². The zero-order valence-electron chi connectivity index (χ0n) is 19.3. The number of benzene rings is 2. The zero-order chi connectivity index (χ0) is 24.4. The van der Waals surface area contributed by atoms with Crippen molar-refractivity contribution in [2.24, 2.45) is 0 Å². The van der Waals surface area contributed by atoms with Crippen molar-refractivity contribution in [1.82, 2.24) is 20.2 Å². The first kappa shape index (κ1) is 22.5. The summed E-state index contributed by atoms with van der Waals surface area (Å²) in [5.74, 6) is -0.565. The van der Waals surface area contributed by atoms with Crippen molar-refractivity contribution >= 4 is 28.4 Å². The summed E-state index contributed by atoms with van der Waals surface area (Å²) in [6, 6.07) is 18.0. The summed E-state index contributed by atoms with van der Waals surface area (Å²) in [6.45, 7) is 2.15. The number of carbonyl (C=O) groups excluding carboxylic acids is 2. The van der Waals surface area contributed by atoms with Gasteiger partial charge in [-0.2, -0.15) is 0 Å². The number of carbonyl (C=O) groups is 2. The van der Waals surface area contributed by atoms with E-state index in [9.17, 15) is 14.4 Å². The molecule has 176 valence electrons. The third-order valence-electron chi connectivity index (χ3n) is 6.17. The predicted octanol–water partition coefficient (Wildman–Crippen LogP) is 3.09. The summed E-state index contributed by atoms with van der Waals surface area (Å²) >= 11 is 0. The van der Waals surface area contributed by atoms with E-state index in [-0.39, 0.29) is 29.6 Å². The molecule has 0 fully saturated rings. The van der Waals surface area contributed by atoms with E-state index >= 15 is 0 Å². The van der Waals surface area contributed by atoms with Crippen LogP contribution in [0.3, 0.4) is 0 Å². The second-order valence-electron chi connectivity index (χ2n) is 8.74. The monoisotopic (exact) mass is 467 g/mol. The molecule has 8 heteroatoms. The van der Waals surface area contributed by atoms with Crippen molar-refractivity contribution in [1.29, 1.82) is 0 Å². The molecular weight excluding hydrogens is 442 g/mol. The Bertz CT molecular complexity index is 1490. The number of H-pyrrole nitrogens is 1. The van der Waals surface area contributed by atoms with Crippen LogP contribution in [0.4, 0.5) is 5.69 Å². The highest BCUT2D eigenvalue weighted by molar-refractivity contribution is 6.04. The van der Waals surface area contributed by atoms with Gasteiger partial charge in [0, 0.05) is 37.1 Å². The highest BCUT2D eigenvalue weighted by Gasteiger charge is 2.15. The second-order valence-corrected chi connectivity index (χ2v) is 8.74. The molecule has 5 rings (SSSR count). The van der Waals surface area contributed by atoms with Crippen LogP contribution in [0, 0.1) is 0 Å². The maximum Gasteiger partial charge on any atom is 0.270 e. The van der Waals surface area contributed by atoms with E-state index in [1.807, 2.05) is 18.2 Å². The van der Waals surface area contributed by atoms with Gasteiger partial charge in [0.2, 0.25) is 0 Å². The van der Waals surface area contributed by atoms with Gasteiger partial charge >= 0.3 is 0 Å². The Morgan fingerprint density at radius 3 is 2.80 bits per heavy atom. The molecule has 1 aliphatic heterocycles. The number of likely N-dealkylation sites (N-methyl/N-ethyl adjacent to an activating group) is 1. The lowest BCUT2D eigenvalue weighted by atomic mass is 9.99. The van der Waals surface area contributed by atoms with E-state index in [2.05, 4.69) is 38.6 Å². The quantitative estimate of drug-likeness (QED) is 0.418. The molecule has 0 saturated heterocycles. The van der Waals surface area contributed by atoms with Crippen molar-refractivity contribution in [3.05, 3.63) is 105 Å². The Hall–Kier alpha value is -4.30. The van der Waals surface area contributed by atoms with Gasteiger partial charge in [-0.25, -0.2) is 4.98 Å². The fourth-order valence-corrected chi connectivity index (χ4v) is 4.27. The van der Waals surface area contributed by atoms with E-state index in [0.717, 1.165) is 30.8 Å². The van der Waals surface area contributed by atoms with Gasteiger partial charge < -0.3 is 20.5 Å². The van der Waals surface area contributed by atoms with E-state index in [1.54, 1.807) is 30.3 Å². The zero-order valence-corrected chi connectivity index (χ0v) is 19.3.